The number of nitrogens with two attached hydrogens (primary N) is 1. The van der Waals surface area contributed by atoms with E-state index in [-0.39, 0.29) is 17.4 Å². The number of nitrogens with zero attached hydrogens (tertiary/aromatic N) is 2. The normalized spacial score (nSPS) is 10.3. The van der Waals surface area contributed by atoms with Gasteiger partial charge < -0.3 is 11.1 Å². The van der Waals surface area contributed by atoms with Crippen molar-refractivity contribution < 1.29 is 4.79 Å². The molecule has 0 atom stereocenters. The zero-order valence-electron chi connectivity index (χ0n) is 13.6. The Morgan fingerprint density at radius 3 is 2.33 bits per heavy atom. The fourth-order valence-corrected chi connectivity index (χ4v) is 2.57. The zero-order chi connectivity index (χ0) is 19.4. The van der Waals surface area contributed by atoms with Gasteiger partial charge in [0.2, 0.25) is 0 Å². The molecule has 0 saturated carbocycles. The maximum absolute atomic E-state index is 12.2. The van der Waals surface area contributed by atoms with E-state index < -0.39 is 0 Å². The molecule has 10 heteroatoms. The number of rotatable bonds is 5. The number of aromatic nitrogens is 2. The second kappa shape index (κ2) is 8.30. The number of hydrogen-bond donors (Lipinski definition) is 4. The Bertz CT molecular complexity index is 981. The number of carbonyl (C=O) groups excluding carboxylic acids is 1. The molecule has 2 aromatic carbocycles. The van der Waals surface area contributed by atoms with Crippen LogP contribution in [0.5, 0.6) is 0 Å². The summed E-state index contributed by atoms with van der Waals surface area (Å²) in [6, 6.07) is 11.4. The van der Waals surface area contributed by atoms with Gasteiger partial charge in [-0.2, -0.15) is 0 Å². The molecule has 1 amide bonds. The highest BCUT2D eigenvalue weighted by Gasteiger charge is 2.12. The van der Waals surface area contributed by atoms with Crippen LogP contribution in [0.4, 0.5) is 23.0 Å². The molecule has 0 aliphatic carbocycles. The molecule has 27 heavy (non-hydrogen) atoms. The smallest absolute Gasteiger partial charge is 0.269 e. The molecule has 138 valence electrons. The molecular weight excluding hydrogens is 411 g/mol. The maximum Gasteiger partial charge on any atom is 0.269 e. The van der Waals surface area contributed by atoms with Crippen LogP contribution in [0.3, 0.4) is 0 Å². The zero-order valence-corrected chi connectivity index (χ0v) is 15.9. The first-order valence-electron chi connectivity index (χ1n) is 7.58. The number of hydrazine groups is 1. The SMILES string of the molecule is Nc1c(NNC(=O)c2ccc(Cl)cc2)ncnc1Nc1cc(Cl)ccc1Cl. The topological polar surface area (TPSA) is 105 Å². The maximum atomic E-state index is 12.2. The third kappa shape index (κ3) is 4.71. The number of amides is 1. The van der Waals surface area contributed by atoms with Gasteiger partial charge in [-0.25, -0.2) is 9.97 Å². The highest BCUT2D eigenvalue weighted by Crippen LogP contribution is 2.31. The Morgan fingerprint density at radius 1 is 0.926 bits per heavy atom. The summed E-state index contributed by atoms with van der Waals surface area (Å²) in [6.07, 6.45) is 1.29. The largest absolute Gasteiger partial charge is 0.393 e. The molecule has 1 heterocycles. The number of hydrogen-bond acceptors (Lipinski definition) is 6. The van der Waals surface area contributed by atoms with Gasteiger partial charge in [0.1, 0.15) is 12.0 Å². The minimum Gasteiger partial charge on any atom is -0.393 e. The van der Waals surface area contributed by atoms with Crippen LogP contribution in [0.25, 0.3) is 0 Å². The quantitative estimate of drug-likeness (QED) is 0.450. The molecule has 0 saturated heterocycles. The lowest BCUT2D eigenvalue weighted by Crippen LogP contribution is -2.30. The Labute approximate surface area is 169 Å². The predicted octanol–water partition coefficient (Wildman–Crippen LogP) is 4.52. The molecule has 5 N–H and O–H groups in total. The summed E-state index contributed by atoms with van der Waals surface area (Å²) < 4.78 is 0. The van der Waals surface area contributed by atoms with E-state index in [0.717, 1.165) is 0 Å². The van der Waals surface area contributed by atoms with Crippen molar-refractivity contribution in [3.63, 3.8) is 0 Å². The molecule has 0 fully saturated rings. The Kier molecular flexibility index (Phi) is 5.85. The van der Waals surface area contributed by atoms with Crippen molar-refractivity contribution in [1.82, 2.24) is 15.4 Å². The van der Waals surface area contributed by atoms with E-state index in [4.69, 9.17) is 40.5 Å². The van der Waals surface area contributed by atoms with Crippen molar-refractivity contribution in [2.45, 2.75) is 0 Å². The van der Waals surface area contributed by atoms with E-state index in [1.165, 1.54) is 6.33 Å². The summed E-state index contributed by atoms with van der Waals surface area (Å²) >= 11 is 17.9. The summed E-state index contributed by atoms with van der Waals surface area (Å²) in [5, 5.41) is 4.47. The number of halogens is 3. The van der Waals surface area contributed by atoms with Crippen molar-refractivity contribution in [3.05, 3.63) is 69.4 Å². The molecule has 7 nitrogen and oxygen atoms in total. The lowest BCUT2D eigenvalue weighted by atomic mass is 10.2. The van der Waals surface area contributed by atoms with Gasteiger partial charge in [0.25, 0.3) is 5.91 Å². The summed E-state index contributed by atoms with van der Waals surface area (Å²) in [7, 11) is 0. The van der Waals surface area contributed by atoms with Gasteiger partial charge in [-0.1, -0.05) is 34.8 Å². The van der Waals surface area contributed by atoms with E-state index >= 15 is 0 Å². The third-order valence-electron chi connectivity index (χ3n) is 3.47. The third-order valence-corrected chi connectivity index (χ3v) is 4.28. The van der Waals surface area contributed by atoms with Crippen molar-refractivity contribution in [1.29, 1.82) is 0 Å². The van der Waals surface area contributed by atoms with Crippen molar-refractivity contribution in [3.8, 4) is 0 Å². The molecule has 0 unspecified atom stereocenters. The highest BCUT2D eigenvalue weighted by atomic mass is 35.5. The Morgan fingerprint density at radius 2 is 1.59 bits per heavy atom. The van der Waals surface area contributed by atoms with Crippen molar-refractivity contribution in [2.24, 2.45) is 0 Å². The highest BCUT2D eigenvalue weighted by molar-refractivity contribution is 6.35. The number of carbonyl (C=O) groups is 1. The van der Waals surface area contributed by atoms with E-state index in [9.17, 15) is 4.79 Å². The monoisotopic (exact) mass is 422 g/mol. The second-order valence-corrected chi connectivity index (χ2v) is 6.60. The predicted molar refractivity (Wildman–Crippen MR) is 109 cm³/mol. The van der Waals surface area contributed by atoms with Crippen LogP contribution < -0.4 is 21.9 Å². The van der Waals surface area contributed by atoms with Crippen molar-refractivity contribution in [2.75, 3.05) is 16.5 Å². The molecule has 1 aromatic heterocycles. The Balaban J connectivity index is 1.74. The molecule has 0 radical (unpaired) electrons. The fourth-order valence-electron chi connectivity index (χ4n) is 2.11. The van der Waals surface area contributed by atoms with Crippen LogP contribution in [-0.2, 0) is 0 Å². The van der Waals surface area contributed by atoms with Gasteiger partial charge in [0.15, 0.2) is 11.6 Å². The van der Waals surface area contributed by atoms with Crippen LogP contribution in [0.15, 0.2) is 48.8 Å². The van der Waals surface area contributed by atoms with E-state index in [2.05, 4.69) is 26.1 Å². The lowest BCUT2D eigenvalue weighted by molar-refractivity contribution is 0.0962. The standard InChI is InChI=1S/C17H13Cl3N6O/c18-10-3-1-9(2-4-10)17(27)26-25-16-14(21)15(22-8-23-16)24-13-7-11(19)5-6-12(13)20/h1-8H,21H2,(H,26,27)(H2,22,23,24,25). The molecule has 3 aromatic rings. The Hall–Kier alpha value is -2.74. The first-order chi connectivity index (χ1) is 12.9. The average Bonchev–Trinajstić information content (AvgIpc) is 2.65. The molecule has 0 spiro atoms. The molecule has 0 bridgehead atoms. The van der Waals surface area contributed by atoms with Gasteiger partial charge in [-0.05, 0) is 42.5 Å². The summed E-state index contributed by atoms with van der Waals surface area (Å²) in [4.78, 5) is 20.3. The molecule has 0 aliphatic heterocycles. The van der Waals surface area contributed by atoms with E-state index in [1.54, 1.807) is 42.5 Å². The molecular formula is C17H13Cl3N6O. The average molecular weight is 424 g/mol. The van der Waals surface area contributed by atoms with Crippen molar-refractivity contribution >= 4 is 63.7 Å². The van der Waals surface area contributed by atoms with Crippen LogP contribution >= 0.6 is 34.8 Å². The minimum absolute atomic E-state index is 0.185. The number of nitrogens with one attached hydrogen (secondary N) is 3. The number of nitrogen functional groups attached to an aromatic ring is 1. The minimum atomic E-state index is -0.378. The van der Waals surface area contributed by atoms with Gasteiger partial charge in [-0.15, -0.1) is 0 Å². The van der Waals surface area contributed by atoms with Crippen LogP contribution in [0.1, 0.15) is 10.4 Å². The summed E-state index contributed by atoms with van der Waals surface area (Å²) in [6.45, 7) is 0. The summed E-state index contributed by atoms with van der Waals surface area (Å²) in [5.74, 6) is 0.141. The second-order valence-electron chi connectivity index (χ2n) is 5.32. The van der Waals surface area contributed by atoms with Gasteiger partial charge >= 0.3 is 0 Å². The van der Waals surface area contributed by atoms with Gasteiger partial charge in [0.05, 0.1) is 10.7 Å². The van der Waals surface area contributed by atoms with E-state index in [0.29, 0.717) is 32.1 Å². The van der Waals surface area contributed by atoms with E-state index in [1.807, 2.05) is 0 Å². The van der Waals surface area contributed by atoms with Crippen LogP contribution in [0.2, 0.25) is 15.1 Å². The summed E-state index contributed by atoms with van der Waals surface area (Å²) in [5.41, 5.74) is 12.4. The first kappa shape index (κ1) is 19.0. The van der Waals surface area contributed by atoms with Gasteiger partial charge in [0, 0.05) is 15.6 Å². The number of anilines is 4. The molecule has 3 rings (SSSR count). The van der Waals surface area contributed by atoms with Crippen LogP contribution in [0, 0.1) is 0 Å². The fraction of sp³-hybridized carbons (Fsp3) is 0. The first-order valence-corrected chi connectivity index (χ1v) is 8.72. The van der Waals surface area contributed by atoms with Crippen LogP contribution in [-0.4, -0.2) is 15.9 Å². The lowest BCUT2D eigenvalue weighted by Gasteiger charge is -2.14. The van der Waals surface area contributed by atoms with Gasteiger partial charge in [-0.3, -0.25) is 15.6 Å². The number of benzene rings is 2. The molecule has 0 aliphatic rings.